The van der Waals surface area contributed by atoms with Crippen molar-refractivity contribution in [1.29, 1.82) is 0 Å². The Morgan fingerprint density at radius 3 is 2.89 bits per heavy atom. The summed E-state index contributed by atoms with van der Waals surface area (Å²) in [7, 11) is 1.66. The number of rotatable bonds is 4. The molecule has 98 valence electrons. The van der Waals surface area contributed by atoms with E-state index in [-0.39, 0.29) is 11.5 Å². The van der Waals surface area contributed by atoms with Crippen LogP contribution in [-0.4, -0.2) is 23.6 Å². The maximum atomic E-state index is 11.9. The number of halogens is 2. The number of nitrogens with zero attached hydrogens (tertiary/aromatic N) is 1. The summed E-state index contributed by atoms with van der Waals surface area (Å²) in [6, 6.07) is 1.73. The van der Waals surface area contributed by atoms with Gasteiger partial charge < -0.3 is 10.1 Å². The number of amides is 1. The van der Waals surface area contributed by atoms with E-state index in [2.05, 4.69) is 26.2 Å². The normalized spacial score (nSPS) is 17.1. The zero-order valence-electron chi connectivity index (χ0n) is 10.0. The number of carbonyl (C=O) groups excluding carboxylic acids is 1. The molecule has 0 atom stereocenters. The highest BCUT2D eigenvalue weighted by Crippen LogP contribution is 2.38. The summed E-state index contributed by atoms with van der Waals surface area (Å²) >= 11 is 9.05. The minimum Gasteiger partial charge on any atom is -0.378 e. The van der Waals surface area contributed by atoms with Crippen LogP contribution in [0.4, 0.5) is 5.69 Å². The molecule has 0 radical (unpaired) electrons. The van der Waals surface area contributed by atoms with Crippen molar-refractivity contribution in [3.63, 3.8) is 0 Å². The van der Waals surface area contributed by atoms with E-state index >= 15 is 0 Å². The van der Waals surface area contributed by atoms with Crippen LogP contribution >= 0.6 is 27.5 Å². The van der Waals surface area contributed by atoms with E-state index in [9.17, 15) is 4.79 Å². The molecular formula is C12H14BrClN2O2. The predicted molar refractivity (Wildman–Crippen MR) is 73.8 cm³/mol. The zero-order chi connectivity index (χ0) is 13.2. The quantitative estimate of drug-likeness (QED) is 0.859. The van der Waals surface area contributed by atoms with E-state index in [1.54, 1.807) is 13.2 Å². The second kappa shape index (κ2) is 5.55. The maximum Gasteiger partial charge on any atom is 0.227 e. The molecule has 18 heavy (non-hydrogen) atoms. The summed E-state index contributed by atoms with van der Waals surface area (Å²) in [6.07, 6.45) is 4.92. The Hall–Kier alpha value is -0.650. The lowest BCUT2D eigenvalue weighted by Crippen LogP contribution is -2.42. The molecule has 1 aliphatic rings. The fourth-order valence-electron chi connectivity index (χ4n) is 2.01. The molecule has 1 heterocycles. The monoisotopic (exact) mass is 332 g/mol. The van der Waals surface area contributed by atoms with Gasteiger partial charge in [0.05, 0.1) is 28.4 Å². The van der Waals surface area contributed by atoms with Crippen molar-refractivity contribution >= 4 is 39.1 Å². The number of hydrogen-bond acceptors (Lipinski definition) is 3. The molecule has 1 N–H and O–H groups in total. The number of aromatic nitrogens is 1. The highest BCUT2D eigenvalue weighted by atomic mass is 79.9. The van der Waals surface area contributed by atoms with Gasteiger partial charge in [0.2, 0.25) is 5.91 Å². The minimum absolute atomic E-state index is 0.0624. The molecule has 0 aliphatic heterocycles. The van der Waals surface area contributed by atoms with Crippen LogP contribution in [0.2, 0.25) is 5.15 Å². The first-order valence-electron chi connectivity index (χ1n) is 5.71. The van der Waals surface area contributed by atoms with Crippen LogP contribution in [-0.2, 0) is 9.53 Å². The number of hydrogen-bond donors (Lipinski definition) is 1. The van der Waals surface area contributed by atoms with E-state index in [0.29, 0.717) is 21.7 Å². The van der Waals surface area contributed by atoms with Gasteiger partial charge in [0.15, 0.2) is 0 Å². The maximum absolute atomic E-state index is 11.9. The van der Waals surface area contributed by atoms with Gasteiger partial charge in [-0.1, -0.05) is 11.6 Å². The summed E-state index contributed by atoms with van der Waals surface area (Å²) in [5.41, 5.74) is 0.364. The van der Waals surface area contributed by atoms with E-state index in [4.69, 9.17) is 16.3 Å². The lowest BCUT2D eigenvalue weighted by molar-refractivity contribution is -0.129. The largest absolute Gasteiger partial charge is 0.378 e. The van der Waals surface area contributed by atoms with Crippen molar-refractivity contribution < 1.29 is 9.53 Å². The molecule has 1 saturated carbocycles. The van der Waals surface area contributed by atoms with Gasteiger partial charge in [-0.3, -0.25) is 4.79 Å². The number of carbonyl (C=O) groups is 1. The number of nitrogens with one attached hydrogen (secondary N) is 1. The lowest BCUT2D eigenvalue weighted by atomic mass is 9.77. The molecule has 1 aliphatic carbocycles. The van der Waals surface area contributed by atoms with Crippen LogP contribution in [0.3, 0.4) is 0 Å². The molecule has 0 bridgehead atoms. The topological polar surface area (TPSA) is 51.2 Å². The van der Waals surface area contributed by atoms with Crippen LogP contribution in [0.5, 0.6) is 0 Å². The second-order valence-corrected chi connectivity index (χ2v) is 5.67. The van der Waals surface area contributed by atoms with E-state index in [1.165, 1.54) is 6.20 Å². The van der Waals surface area contributed by atoms with Gasteiger partial charge >= 0.3 is 0 Å². The Balaban J connectivity index is 1.96. The summed E-state index contributed by atoms with van der Waals surface area (Å²) < 4.78 is 6.08. The number of methoxy groups -OCH3 is 1. The van der Waals surface area contributed by atoms with Crippen molar-refractivity contribution in [1.82, 2.24) is 4.98 Å². The van der Waals surface area contributed by atoms with Crippen LogP contribution in [0.15, 0.2) is 16.7 Å². The van der Waals surface area contributed by atoms with Crippen LogP contribution in [0.1, 0.15) is 25.7 Å². The molecular weight excluding hydrogens is 320 g/mol. The number of ether oxygens (including phenoxy) is 1. The molecule has 6 heteroatoms. The molecule has 1 aromatic rings. The minimum atomic E-state index is -0.263. The van der Waals surface area contributed by atoms with E-state index in [0.717, 1.165) is 19.3 Å². The predicted octanol–water partition coefficient (Wildman–Crippen LogP) is 3.40. The van der Waals surface area contributed by atoms with Crippen molar-refractivity contribution in [2.45, 2.75) is 31.3 Å². The first kappa shape index (κ1) is 13.8. The molecule has 1 amide bonds. The van der Waals surface area contributed by atoms with Gasteiger partial charge in [-0.15, -0.1) is 0 Å². The zero-order valence-corrected chi connectivity index (χ0v) is 12.3. The second-order valence-electron chi connectivity index (χ2n) is 4.46. The summed E-state index contributed by atoms with van der Waals surface area (Å²) in [4.78, 5) is 15.9. The van der Waals surface area contributed by atoms with E-state index < -0.39 is 0 Å². The first-order valence-corrected chi connectivity index (χ1v) is 6.88. The number of anilines is 1. The lowest BCUT2D eigenvalue weighted by Gasteiger charge is -2.39. The number of pyridine rings is 1. The van der Waals surface area contributed by atoms with Gasteiger partial charge in [-0.25, -0.2) is 4.98 Å². The first-order chi connectivity index (χ1) is 8.54. The third-order valence-corrected chi connectivity index (χ3v) is 4.39. The van der Waals surface area contributed by atoms with Gasteiger partial charge in [-0.2, -0.15) is 0 Å². The third kappa shape index (κ3) is 3.02. The van der Waals surface area contributed by atoms with Gasteiger partial charge in [0, 0.05) is 7.11 Å². The Bertz CT molecular complexity index is 458. The van der Waals surface area contributed by atoms with E-state index in [1.807, 2.05) is 0 Å². The van der Waals surface area contributed by atoms with Crippen molar-refractivity contribution in [2.24, 2.45) is 0 Å². The Morgan fingerprint density at radius 2 is 2.39 bits per heavy atom. The highest BCUT2D eigenvalue weighted by molar-refractivity contribution is 9.10. The summed E-state index contributed by atoms with van der Waals surface area (Å²) in [6.45, 7) is 0. The SMILES string of the molecule is COC1(CC(=O)Nc2cnc(Cl)c(Br)c2)CCC1. The fourth-order valence-corrected chi connectivity index (χ4v) is 2.46. The van der Waals surface area contributed by atoms with Crippen LogP contribution < -0.4 is 5.32 Å². The fraction of sp³-hybridized carbons (Fsp3) is 0.500. The average Bonchev–Trinajstić information content (AvgIpc) is 2.29. The van der Waals surface area contributed by atoms with Gasteiger partial charge in [0.1, 0.15) is 5.15 Å². The van der Waals surface area contributed by atoms with Crippen LogP contribution in [0.25, 0.3) is 0 Å². The Morgan fingerprint density at radius 1 is 1.67 bits per heavy atom. The Kier molecular flexibility index (Phi) is 4.25. The van der Waals surface area contributed by atoms with Gasteiger partial charge in [-0.05, 0) is 41.3 Å². The third-order valence-electron chi connectivity index (χ3n) is 3.26. The average molecular weight is 334 g/mol. The molecule has 2 rings (SSSR count). The highest BCUT2D eigenvalue weighted by Gasteiger charge is 2.38. The molecule has 1 aromatic heterocycles. The van der Waals surface area contributed by atoms with Crippen LogP contribution in [0, 0.1) is 0 Å². The Labute approximate surface area is 119 Å². The molecule has 0 spiro atoms. The summed E-state index contributed by atoms with van der Waals surface area (Å²) in [5, 5.41) is 3.17. The van der Waals surface area contributed by atoms with Gasteiger partial charge in [0.25, 0.3) is 0 Å². The summed E-state index contributed by atoms with van der Waals surface area (Å²) in [5.74, 6) is -0.0624. The molecule has 4 nitrogen and oxygen atoms in total. The molecule has 0 aromatic carbocycles. The smallest absolute Gasteiger partial charge is 0.227 e. The van der Waals surface area contributed by atoms with Crippen molar-refractivity contribution in [3.8, 4) is 0 Å². The molecule has 1 fully saturated rings. The standard InChI is InChI=1S/C12H14BrClN2O2/c1-18-12(3-2-4-12)6-10(17)16-8-5-9(13)11(14)15-7-8/h5,7H,2-4,6H2,1H3,(H,16,17). The molecule has 0 unspecified atom stereocenters. The van der Waals surface area contributed by atoms with Crippen molar-refractivity contribution in [3.05, 3.63) is 21.9 Å². The van der Waals surface area contributed by atoms with Crippen molar-refractivity contribution in [2.75, 3.05) is 12.4 Å². The molecule has 0 saturated heterocycles.